The SMILES string of the molecule is CC(=O)O[C@H]1CC[C@@]2(C)[C@H](CC[C@H]3[C@H]2CC[C@]2(C)C(C(C)=O)=CC[C@H]32)C1. The molecule has 0 radical (unpaired) electrons. The highest BCUT2D eigenvalue weighted by Gasteiger charge is 2.59. The molecule has 3 saturated carbocycles. The molecule has 3 nitrogen and oxygen atoms in total. The van der Waals surface area contributed by atoms with E-state index in [1.807, 2.05) is 0 Å². The molecule has 3 fully saturated rings. The summed E-state index contributed by atoms with van der Waals surface area (Å²) in [6, 6.07) is 0. The van der Waals surface area contributed by atoms with Gasteiger partial charge in [-0.15, -0.1) is 0 Å². The second kappa shape index (κ2) is 6.21. The monoisotopic (exact) mass is 358 g/mol. The van der Waals surface area contributed by atoms with Gasteiger partial charge in [-0.2, -0.15) is 0 Å². The molecule has 4 aliphatic carbocycles. The average molecular weight is 359 g/mol. The van der Waals surface area contributed by atoms with E-state index >= 15 is 0 Å². The Labute approximate surface area is 157 Å². The fourth-order valence-electron chi connectivity index (χ4n) is 7.67. The van der Waals surface area contributed by atoms with Gasteiger partial charge in [0.15, 0.2) is 5.78 Å². The lowest BCUT2D eigenvalue weighted by atomic mass is 9.44. The van der Waals surface area contributed by atoms with Crippen LogP contribution in [0, 0.1) is 34.5 Å². The molecule has 0 aromatic carbocycles. The van der Waals surface area contributed by atoms with E-state index in [2.05, 4.69) is 19.9 Å². The molecule has 4 rings (SSSR count). The van der Waals surface area contributed by atoms with Gasteiger partial charge in [0, 0.05) is 6.92 Å². The molecule has 0 aliphatic heterocycles. The van der Waals surface area contributed by atoms with Crippen LogP contribution in [0.25, 0.3) is 0 Å². The fraction of sp³-hybridized carbons (Fsp3) is 0.826. The zero-order chi connectivity index (χ0) is 18.7. The smallest absolute Gasteiger partial charge is 0.302 e. The zero-order valence-corrected chi connectivity index (χ0v) is 16.8. The maximum Gasteiger partial charge on any atom is 0.302 e. The van der Waals surface area contributed by atoms with Crippen LogP contribution in [0.1, 0.15) is 79.1 Å². The first-order chi connectivity index (χ1) is 12.3. The maximum atomic E-state index is 12.2. The minimum atomic E-state index is -0.130. The van der Waals surface area contributed by atoms with Crippen molar-refractivity contribution < 1.29 is 14.3 Å². The maximum absolute atomic E-state index is 12.2. The Hall–Kier alpha value is -1.12. The van der Waals surface area contributed by atoms with Gasteiger partial charge in [-0.3, -0.25) is 9.59 Å². The van der Waals surface area contributed by atoms with E-state index in [0.717, 1.165) is 36.7 Å². The first kappa shape index (κ1) is 18.3. The Morgan fingerprint density at radius 2 is 1.81 bits per heavy atom. The van der Waals surface area contributed by atoms with Crippen LogP contribution in [0.15, 0.2) is 11.6 Å². The molecule has 0 spiro atoms. The van der Waals surface area contributed by atoms with Gasteiger partial charge in [0.1, 0.15) is 6.10 Å². The summed E-state index contributed by atoms with van der Waals surface area (Å²) in [5.41, 5.74) is 1.62. The molecule has 144 valence electrons. The Balaban J connectivity index is 1.54. The Bertz CT molecular complexity index is 650. The molecule has 7 atom stereocenters. The van der Waals surface area contributed by atoms with Gasteiger partial charge >= 0.3 is 5.97 Å². The molecule has 3 heteroatoms. The highest BCUT2D eigenvalue weighted by Crippen LogP contribution is 2.66. The number of fused-ring (bicyclic) bond motifs is 5. The first-order valence-electron chi connectivity index (χ1n) is 10.6. The summed E-state index contributed by atoms with van der Waals surface area (Å²) in [6.45, 7) is 8.17. The lowest BCUT2D eigenvalue weighted by molar-refractivity contribution is -0.159. The lowest BCUT2D eigenvalue weighted by Crippen LogP contribution is -2.54. The number of hydrogen-bond acceptors (Lipinski definition) is 3. The third-order valence-corrected chi connectivity index (χ3v) is 8.91. The van der Waals surface area contributed by atoms with E-state index < -0.39 is 0 Å². The second-order valence-electron chi connectivity index (χ2n) is 10.0. The summed E-state index contributed by atoms with van der Waals surface area (Å²) in [5.74, 6) is 3.03. The topological polar surface area (TPSA) is 43.4 Å². The number of esters is 1. The number of rotatable bonds is 2. The van der Waals surface area contributed by atoms with Gasteiger partial charge < -0.3 is 4.74 Å². The van der Waals surface area contributed by atoms with Crippen molar-refractivity contribution in [2.45, 2.75) is 85.2 Å². The summed E-state index contributed by atoms with van der Waals surface area (Å²) < 4.78 is 5.56. The molecule has 0 unspecified atom stereocenters. The molecular weight excluding hydrogens is 324 g/mol. The molecular formula is C23H34O3. The van der Waals surface area contributed by atoms with E-state index in [9.17, 15) is 9.59 Å². The van der Waals surface area contributed by atoms with Gasteiger partial charge in [-0.05, 0) is 98.4 Å². The Morgan fingerprint density at radius 3 is 2.50 bits per heavy atom. The number of allylic oxidation sites excluding steroid dienone is 2. The van der Waals surface area contributed by atoms with Crippen LogP contribution in [-0.4, -0.2) is 17.9 Å². The number of hydrogen-bond donors (Lipinski definition) is 0. The van der Waals surface area contributed by atoms with Crippen LogP contribution < -0.4 is 0 Å². The van der Waals surface area contributed by atoms with Crippen molar-refractivity contribution in [2.24, 2.45) is 34.5 Å². The normalized spacial score (nSPS) is 47.2. The standard InChI is InChI=1S/C23H34O3/c1-14(24)19-7-8-20-18-6-5-16-13-17(26-15(2)25)9-11-22(16,3)21(18)10-12-23(19,20)4/h7,16-18,20-21H,5-6,8-13H2,1-4H3/t16-,17+,18-,20-,21-,22+,23-/m1/s1. The molecule has 0 amide bonds. The highest BCUT2D eigenvalue weighted by atomic mass is 16.5. The quantitative estimate of drug-likeness (QED) is 0.646. The van der Waals surface area contributed by atoms with Gasteiger partial charge in [0.05, 0.1) is 0 Å². The van der Waals surface area contributed by atoms with Crippen LogP contribution >= 0.6 is 0 Å². The lowest BCUT2D eigenvalue weighted by Gasteiger charge is -2.60. The number of ether oxygens (including phenoxy) is 1. The van der Waals surface area contributed by atoms with Crippen molar-refractivity contribution in [1.82, 2.24) is 0 Å². The van der Waals surface area contributed by atoms with Crippen LogP contribution in [0.4, 0.5) is 0 Å². The van der Waals surface area contributed by atoms with Crippen molar-refractivity contribution in [3.8, 4) is 0 Å². The van der Waals surface area contributed by atoms with Crippen LogP contribution in [0.3, 0.4) is 0 Å². The molecule has 4 aliphatic rings. The van der Waals surface area contributed by atoms with Crippen molar-refractivity contribution in [1.29, 1.82) is 0 Å². The van der Waals surface area contributed by atoms with E-state index in [0.29, 0.717) is 17.3 Å². The van der Waals surface area contributed by atoms with Gasteiger partial charge in [-0.1, -0.05) is 19.9 Å². The van der Waals surface area contributed by atoms with Crippen molar-refractivity contribution >= 4 is 11.8 Å². The minimum absolute atomic E-state index is 0.116. The Morgan fingerprint density at radius 1 is 1.04 bits per heavy atom. The molecule has 0 heterocycles. The zero-order valence-electron chi connectivity index (χ0n) is 16.8. The first-order valence-corrected chi connectivity index (χ1v) is 10.6. The average Bonchev–Trinajstić information content (AvgIpc) is 2.92. The molecule has 26 heavy (non-hydrogen) atoms. The summed E-state index contributed by atoms with van der Waals surface area (Å²) in [7, 11) is 0. The van der Waals surface area contributed by atoms with Crippen LogP contribution in [-0.2, 0) is 14.3 Å². The van der Waals surface area contributed by atoms with E-state index in [4.69, 9.17) is 4.74 Å². The molecule has 0 aromatic rings. The van der Waals surface area contributed by atoms with E-state index in [1.165, 1.54) is 39.0 Å². The molecule has 0 saturated heterocycles. The van der Waals surface area contributed by atoms with Gasteiger partial charge in [0.25, 0.3) is 0 Å². The Kier molecular flexibility index (Phi) is 4.36. The van der Waals surface area contributed by atoms with Crippen LogP contribution in [0.5, 0.6) is 0 Å². The summed E-state index contributed by atoms with van der Waals surface area (Å²) in [4.78, 5) is 23.5. The summed E-state index contributed by atoms with van der Waals surface area (Å²) in [5, 5.41) is 0. The van der Waals surface area contributed by atoms with Crippen molar-refractivity contribution in [2.75, 3.05) is 0 Å². The summed E-state index contributed by atoms with van der Waals surface area (Å²) in [6.07, 6.45) is 11.7. The number of ketones is 1. The predicted octanol–water partition coefficient (Wildman–Crippen LogP) is 5.09. The number of Topliss-reactive ketones (excluding diaryl/α,β-unsaturated/α-hetero) is 1. The predicted molar refractivity (Wildman–Crippen MR) is 101 cm³/mol. The van der Waals surface area contributed by atoms with E-state index in [1.54, 1.807) is 6.92 Å². The second-order valence-corrected chi connectivity index (χ2v) is 10.0. The van der Waals surface area contributed by atoms with Gasteiger partial charge in [0.2, 0.25) is 0 Å². The molecule has 0 aromatic heterocycles. The third kappa shape index (κ3) is 2.60. The minimum Gasteiger partial charge on any atom is -0.463 e. The van der Waals surface area contributed by atoms with E-state index in [-0.39, 0.29) is 23.3 Å². The largest absolute Gasteiger partial charge is 0.463 e. The highest BCUT2D eigenvalue weighted by molar-refractivity contribution is 5.95. The molecule has 0 N–H and O–H groups in total. The summed E-state index contributed by atoms with van der Waals surface area (Å²) >= 11 is 0. The third-order valence-electron chi connectivity index (χ3n) is 8.91. The molecule has 0 bridgehead atoms. The van der Waals surface area contributed by atoms with Crippen molar-refractivity contribution in [3.05, 3.63) is 11.6 Å². The number of carbonyl (C=O) groups excluding carboxylic acids is 2. The number of carbonyl (C=O) groups is 2. The fourth-order valence-corrected chi connectivity index (χ4v) is 7.67. The van der Waals surface area contributed by atoms with Crippen LogP contribution in [0.2, 0.25) is 0 Å². The van der Waals surface area contributed by atoms with Gasteiger partial charge in [-0.25, -0.2) is 0 Å². The van der Waals surface area contributed by atoms with Crippen molar-refractivity contribution in [3.63, 3.8) is 0 Å².